The van der Waals surface area contributed by atoms with E-state index in [2.05, 4.69) is 16.6 Å². The lowest BCUT2D eigenvalue weighted by atomic mass is 9.97. The summed E-state index contributed by atoms with van der Waals surface area (Å²) in [6.07, 6.45) is 8.03. The molecule has 0 saturated carbocycles. The Morgan fingerprint density at radius 2 is 1.62 bits per heavy atom. The Morgan fingerprint density at radius 1 is 0.976 bits per heavy atom. The third kappa shape index (κ3) is 11.6. The molecule has 0 aliphatic heterocycles. The van der Waals surface area contributed by atoms with E-state index >= 15 is 0 Å². The molecule has 0 fully saturated rings. The van der Waals surface area contributed by atoms with Crippen LogP contribution in [0.2, 0.25) is 0 Å². The lowest BCUT2D eigenvalue weighted by molar-refractivity contribution is -0.121. The maximum Gasteiger partial charge on any atom is 0.253 e. The average Bonchev–Trinajstić information content (AvgIpc) is 2.93. The molecule has 3 amide bonds. The number of aliphatic hydroxyl groups excluding tert-OH is 1. The minimum Gasteiger partial charge on any atom is -0.391 e. The molecular weight excluding hydrogens is 540 g/mol. The number of carbonyl (C=O) groups is 3. The van der Waals surface area contributed by atoms with Gasteiger partial charge in [0.05, 0.1) is 12.1 Å². The third-order valence-corrected chi connectivity index (χ3v) is 6.76. The predicted octanol–water partition coefficient (Wildman–Crippen LogP) is 4.94. The number of nitrogens with one attached hydrogen (secondary N) is 2. The van der Waals surface area contributed by atoms with Gasteiger partial charge in [-0.25, -0.2) is 8.78 Å². The molecule has 2 atom stereocenters. The largest absolute Gasteiger partial charge is 0.391 e. The Kier molecular flexibility index (Phi) is 14.7. The lowest BCUT2D eigenvalue weighted by Crippen LogP contribution is -2.46. The van der Waals surface area contributed by atoms with Crippen molar-refractivity contribution in [2.24, 2.45) is 0 Å². The molecule has 0 spiro atoms. The molecule has 0 aliphatic carbocycles. The normalized spacial score (nSPS) is 12.2. The Hall–Kier alpha value is -3.77. The summed E-state index contributed by atoms with van der Waals surface area (Å²) in [5.74, 6) is 0.102. The molecule has 2 rings (SSSR count). The first-order chi connectivity index (χ1) is 20.1. The number of hydrogen-bond acceptors (Lipinski definition) is 4. The SMILES string of the molecule is C#CCCCCC(=O)NCCC(O)C(Cc1cc(F)cc(F)c1)NC(=O)c1cc(C)cc(C(=O)N(CCC)CCC)c1. The van der Waals surface area contributed by atoms with E-state index in [-0.39, 0.29) is 42.3 Å². The third-order valence-electron chi connectivity index (χ3n) is 6.76. The van der Waals surface area contributed by atoms with Gasteiger partial charge in [0.15, 0.2) is 0 Å². The van der Waals surface area contributed by atoms with Gasteiger partial charge >= 0.3 is 0 Å². The van der Waals surface area contributed by atoms with Crippen molar-refractivity contribution in [3.63, 3.8) is 0 Å². The summed E-state index contributed by atoms with van der Waals surface area (Å²) in [5.41, 5.74) is 1.59. The second kappa shape index (κ2) is 17.9. The smallest absolute Gasteiger partial charge is 0.253 e. The molecule has 2 aromatic carbocycles. The van der Waals surface area contributed by atoms with Crippen LogP contribution in [0.4, 0.5) is 8.78 Å². The topological polar surface area (TPSA) is 98.7 Å². The maximum absolute atomic E-state index is 13.9. The van der Waals surface area contributed by atoms with Crippen molar-refractivity contribution in [2.45, 2.75) is 84.3 Å². The van der Waals surface area contributed by atoms with Gasteiger partial charge in [0.2, 0.25) is 5.91 Å². The fourth-order valence-corrected chi connectivity index (χ4v) is 4.75. The molecule has 0 aromatic heterocycles. The Labute approximate surface area is 248 Å². The number of nitrogens with zero attached hydrogens (tertiary/aromatic N) is 1. The first kappa shape index (κ1) is 34.4. The molecule has 228 valence electrons. The van der Waals surface area contributed by atoms with E-state index < -0.39 is 29.7 Å². The van der Waals surface area contributed by atoms with E-state index in [0.29, 0.717) is 43.5 Å². The first-order valence-corrected chi connectivity index (χ1v) is 14.6. The fourth-order valence-electron chi connectivity index (χ4n) is 4.75. The van der Waals surface area contributed by atoms with Crippen molar-refractivity contribution in [3.05, 3.63) is 70.3 Å². The molecular formula is C33H43F2N3O4. The molecule has 2 unspecified atom stereocenters. The van der Waals surface area contributed by atoms with Crippen LogP contribution in [0.5, 0.6) is 0 Å². The highest BCUT2D eigenvalue weighted by atomic mass is 19.1. The number of carbonyl (C=O) groups excluding carboxylic acids is 3. The highest BCUT2D eigenvalue weighted by molar-refractivity contribution is 6.00. The van der Waals surface area contributed by atoms with Crippen molar-refractivity contribution in [1.29, 1.82) is 0 Å². The summed E-state index contributed by atoms with van der Waals surface area (Å²) in [6.45, 7) is 7.12. The number of unbranched alkanes of at least 4 members (excludes halogenated alkanes) is 2. The second-order valence-electron chi connectivity index (χ2n) is 10.6. The van der Waals surface area contributed by atoms with E-state index in [1.54, 1.807) is 24.0 Å². The van der Waals surface area contributed by atoms with Crippen LogP contribution in [0, 0.1) is 30.9 Å². The number of terminal acetylenes is 1. The predicted molar refractivity (Wildman–Crippen MR) is 160 cm³/mol. The van der Waals surface area contributed by atoms with Gasteiger partial charge in [0.1, 0.15) is 11.6 Å². The van der Waals surface area contributed by atoms with Gasteiger partial charge in [-0.2, -0.15) is 0 Å². The maximum atomic E-state index is 13.9. The van der Waals surface area contributed by atoms with E-state index in [1.807, 2.05) is 13.8 Å². The Morgan fingerprint density at radius 3 is 2.24 bits per heavy atom. The van der Waals surface area contributed by atoms with Crippen LogP contribution in [0.15, 0.2) is 36.4 Å². The highest BCUT2D eigenvalue weighted by Crippen LogP contribution is 2.17. The minimum absolute atomic E-state index is 0.0556. The summed E-state index contributed by atoms with van der Waals surface area (Å²) in [4.78, 5) is 40.5. The molecule has 0 saturated heterocycles. The van der Waals surface area contributed by atoms with Gasteiger partial charge < -0.3 is 20.6 Å². The van der Waals surface area contributed by atoms with Crippen LogP contribution in [0.1, 0.15) is 90.6 Å². The van der Waals surface area contributed by atoms with Crippen LogP contribution < -0.4 is 10.6 Å². The van der Waals surface area contributed by atoms with Gasteiger partial charge in [-0.1, -0.05) is 13.8 Å². The van der Waals surface area contributed by atoms with Crippen LogP contribution in [-0.2, 0) is 11.2 Å². The number of aryl methyl sites for hydroxylation is 1. The van der Waals surface area contributed by atoms with Gasteiger partial charge in [-0.05, 0) is 86.9 Å². The number of halogens is 2. The Bertz CT molecular complexity index is 1220. The van der Waals surface area contributed by atoms with Crippen molar-refractivity contribution in [2.75, 3.05) is 19.6 Å². The van der Waals surface area contributed by atoms with Crippen molar-refractivity contribution < 1.29 is 28.3 Å². The zero-order valence-electron chi connectivity index (χ0n) is 24.8. The monoisotopic (exact) mass is 583 g/mol. The molecule has 42 heavy (non-hydrogen) atoms. The molecule has 3 N–H and O–H groups in total. The zero-order chi connectivity index (χ0) is 31.1. The highest BCUT2D eigenvalue weighted by Gasteiger charge is 2.24. The van der Waals surface area contributed by atoms with Crippen molar-refractivity contribution >= 4 is 17.7 Å². The number of benzene rings is 2. The van der Waals surface area contributed by atoms with E-state index in [0.717, 1.165) is 37.5 Å². The fraction of sp³-hybridized carbons (Fsp3) is 0.485. The standard InChI is InChI=1S/C33H43F2N3O4/c1-5-8-9-10-11-31(40)36-13-12-30(39)29(20-24-18-27(34)22-28(35)19-24)37-32(41)25-16-23(4)17-26(21-25)33(42)38(14-6-2)15-7-3/h1,16-19,21-22,29-30,39H,6-15,20H2,2-4H3,(H,36,40)(H,37,41). The summed E-state index contributed by atoms with van der Waals surface area (Å²) in [7, 11) is 0. The van der Waals surface area contributed by atoms with Gasteiger partial charge in [0.25, 0.3) is 11.8 Å². The van der Waals surface area contributed by atoms with Crippen LogP contribution >= 0.6 is 0 Å². The molecule has 0 aliphatic rings. The molecule has 0 heterocycles. The van der Waals surface area contributed by atoms with Gasteiger partial charge in [-0.3, -0.25) is 14.4 Å². The molecule has 2 aromatic rings. The number of amides is 3. The van der Waals surface area contributed by atoms with E-state index in [9.17, 15) is 28.3 Å². The summed E-state index contributed by atoms with van der Waals surface area (Å²) < 4.78 is 27.8. The van der Waals surface area contributed by atoms with Crippen LogP contribution in [-0.4, -0.2) is 59.5 Å². The van der Waals surface area contributed by atoms with Crippen molar-refractivity contribution in [3.8, 4) is 12.3 Å². The molecule has 0 bridgehead atoms. The Balaban J connectivity index is 2.20. The van der Waals surface area contributed by atoms with Crippen LogP contribution in [0.3, 0.4) is 0 Å². The van der Waals surface area contributed by atoms with Gasteiger partial charge in [0, 0.05) is 49.7 Å². The summed E-state index contributed by atoms with van der Waals surface area (Å²) in [5, 5.41) is 16.6. The van der Waals surface area contributed by atoms with E-state index in [1.165, 1.54) is 6.07 Å². The van der Waals surface area contributed by atoms with Crippen molar-refractivity contribution in [1.82, 2.24) is 15.5 Å². The molecule has 7 nitrogen and oxygen atoms in total. The molecule has 9 heteroatoms. The van der Waals surface area contributed by atoms with Crippen LogP contribution in [0.25, 0.3) is 0 Å². The zero-order valence-corrected chi connectivity index (χ0v) is 24.8. The van der Waals surface area contributed by atoms with E-state index in [4.69, 9.17) is 6.42 Å². The summed E-state index contributed by atoms with van der Waals surface area (Å²) >= 11 is 0. The quantitative estimate of drug-likeness (QED) is 0.182. The number of hydrogen-bond donors (Lipinski definition) is 3. The lowest BCUT2D eigenvalue weighted by Gasteiger charge is -2.25. The molecule has 0 radical (unpaired) electrons. The summed E-state index contributed by atoms with van der Waals surface area (Å²) in [6, 6.07) is 7.00. The number of rotatable bonds is 17. The first-order valence-electron chi connectivity index (χ1n) is 14.6. The van der Waals surface area contributed by atoms with Gasteiger partial charge in [-0.15, -0.1) is 12.3 Å². The second-order valence-corrected chi connectivity index (χ2v) is 10.6. The average molecular weight is 584 g/mol. The number of aliphatic hydroxyl groups is 1. The minimum atomic E-state index is -1.14.